The molecular weight excluding hydrogens is 335 g/mol. The average molecular weight is 357 g/mol. The van der Waals surface area contributed by atoms with Gasteiger partial charge in [0.15, 0.2) is 0 Å². The number of hydrogen-bond acceptors (Lipinski definition) is 2. The lowest BCUT2D eigenvalue weighted by molar-refractivity contribution is -0.138. The van der Waals surface area contributed by atoms with E-state index in [2.05, 4.69) is 10.6 Å². The highest BCUT2D eigenvalue weighted by atomic mass is 19.4. The van der Waals surface area contributed by atoms with Crippen LogP contribution < -0.4 is 16.0 Å². The van der Waals surface area contributed by atoms with Crippen LogP contribution in [0.3, 0.4) is 0 Å². The summed E-state index contributed by atoms with van der Waals surface area (Å²) in [7, 11) is 0. The third-order valence-electron chi connectivity index (χ3n) is 4.00. The topological polar surface area (TPSA) is 70.2 Å². The van der Waals surface area contributed by atoms with Crippen molar-refractivity contribution in [3.8, 4) is 0 Å². The van der Waals surface area contributed by atoms with Crippen molar-refractivity contribution in [2.45, 2.75) is 50.7 Å². The van der Waals surface area contributed by atoms with Crippen molar-refractivity contribution >= 4 is 17.6 Å². The van der Waals surface area contributed by atoms with Crippen LogP contribution in [0.1, 0.15) is 37.7 Å². The molecule has 25 heavy (non-hydrogen) atoms. The number of benzene rings is 1. The van der Waals surface area contributed by atoms with Crippen LogP contribution in [-0.4, -0.2) is 30.7 Å². The van der Waals surface area contributed by atoms with Gasteiger partial charge in [-0.15, -0.1) is 0 Å². The molecule has 8 heteroatoms. The Balaban J connectivity index is 1.77. The number of carbonyl (C=O) groups is 2. The van der Waals surface area contributed by atoms with Gasteiger partial charge in [0.05, 0.1) is 6.42 Å². The maximum absolute atomic E-state index is 12.0. The molecule has 0 unspecified atom stereocenters. The molecule has 0 radical (unpaired) electrons. The van der Waals surface area contributed by atoms with Gasteiger partial charge in [-0.05, 0) is 30.5 Å². The second kappa shape index (κ2) is 8.73. The molecule has 0 atom stereocenters. The first kappa shape index (κ1) is 19.1. The van der Waals surface area contributed by atoms with E-state index in [1.54, 1.807) is 24.3 Å². The predicted molar refractivity (Wildman–Crippen MR) is 88.2 cm³/mol. The summed E-state index contributed by atoms with van der Waals surface area (Å²) in [5.74, 6) is -0.701. The Bertz CT molecular complexity index is 582. The first-order valence-corrected chi connectivity index (χ1v) is 8.32. The summed E-state index contributed by atoms with van der Waals surface area (Å²) in [5, 5.41) is 7.46. The summed E-state index contributed by atoms with van der Waals surface area (Å²) in [6.07, 6.45) is 0.850. The number of anilines is 1. The molecule has 0 spiro atoms. The summed E-state index contributed by atoms with van der Waals surface area (Å²) in [4.78, 5) is 23.4. The second-order valence-corrected chi connectivity index (χ2v) is 6.20. The number of halogens is 3. The quantitative estimate of drug-likeness (QED) is 0.756. The number of carbonyl (C=O) groups excluding carboxylic acids is 2. The molecule has 0 aromatic heterocycles. The van der Waals surface area contributed by atoms with Crippen LogP contribution in [0.2, 0.25) is 0 Å². The van der Waals surface area contributed by atoms with Crippen molar-refractivity contribution in [3.63, 3.8) is 0 Å². The number of amides is 3. The highest BCUT2D eigenvalue weighted by Gasteiger charge is 2.27. The Kier molecular flexibility index (Phi) is 6.66. The summed E-state index contributed by atoms with van der Waals surface area (Å²) in [6.45, 7) is -1.34. The maximum Gasteiger partial charge on any atom is 0.405 e. The van der Waals surface area contributed by atoms with Crippen molar-refractivity contribution in [2.24, 2.45) is 0 Å². The summed E-state index contributed by atoms with van der Waals surface area (Å²) in [6, 6.07) is 6.36. The minimum atomic E-state index is -4.42. The number of rotatable bonds is 5. The van der Waals surface area contributed by atoms with E-state index in [9.17, 15) is 22.8 Å². The molecule has 0 saturated heterocycles. The van der Waals surface area contributed by atoms with E-state index in [1.807, 2.05) is 5.32 Å². The van der Waals surface area contributed by atoms with E-state index in [0.29, 0.717) is 11.3 Å². The molecule has 1 aliphatic carbocycles. The minimum absolute atomic E-state index is 0.148. The van der Waals surface area contributed by atoms with Crippen LogP contribution in [0.4, 0.5) is 23.7 Å². The van der Waals surface area contributed by atoms with Gasteiger partial charge in [0.25, 0.3) is 0 Å². The number of alkyl halides is 3. The van der Waals surface area contributed by atoms with Crippen LogP contribution in [0.5, 0.6) is 0 Å². The minimum Gasteiger partial charge on any atom is -0.347 e. The van der Waals surface area contributed by atoms with Crippen LogP contribution >= 0.6 is 0 Å². The normalized spacial score (nSPS) is 15.5. The van der Waals surface area contributed by atoms with E-state index in [1.165, 1.54) is 6.42 Å². The molecule has 3 N–H and O–H groups in total. The number of urea groups is 1. The highest BCUT2D eigenvalue weighted by molar-refractivity contribution is 5.89. The molecule has 0 heterocycles. The monoisotopic (exact) mass is 357 g/mol. The van der Waals surface area contributed by atoms with Gasteiger partial charge < -0.3 is 16.0 Å². The first-order valence-electron chi connectivity index (χ1n) is 8.32. The molecular formula is C17H22F3N3O2. The average Bonchev–Trinajstić information content (AvgIpc) is 2.55. The summed E-state index contributed by atoms with van der Waals surface area (Å²) in [5.41, 5.74) is 1.13. The lowest BCUT2D eigenvalue weighted by Gasteiger charge is -2.22. The van der Waals surface area contributed by atoms with Crippen molar-refractivity contribution < 1.29 is 22.8 Å². The van der Waals surface area contributed by atoms with Gasteiger partial charge in [0, 0.05) is 11.7 Å². The smallest absolute Gasteiger partial charge is 0.347 e. The van der Waals surface area contributed by atoms with E-state index < -0.39 is 18.6 Å². The zero-order valence-corrected chi connectivity index (χ0v) is 13.8. The van der Waals surface area contributed by atoms with Gasteiger partial charge in [0.2, 0.25) is 5.91 Å². The fourth-order valence-electron chi connectivity index (χ4n) is 2.75. The lowest BCUT2D eigenvalue weighted by Crippen LogP contribution is -2.39. The first-order chi connectivity index (χ1) is 11.8. The zero-order valence-electron chi connectivity index (χ0n) is 13.8. The van der Waals surface area contributed by atoms with Gasteiger partial charge in [-0.25, -0.2) is 4.79 Å². The largest absolute Gasteiger partial charge is 0.405 e. The van der Waals surface area contributed by atoms with Crippen molar-refractivity contribution in [1.29, 1.82) is 0 Å². The van der Waals surface area contributed by atoms with Crippen molar-refractivity contribution in [3.05, 3.63) is 29.8 Å². The van der Waals surface area contributed by atoms with Crippen LogP contribution in [0.25, 0.3) is 0 Å². The standard InChI is InChI=1S/C17H22F3N3O2/c18-17(19,20)11-21-15(24)10-12-6-8-14(9-7-12)23-16(25)22-13-4-2-1-3-5-13/h6-9,13H,1-5,10-11H2,(H,21,24)(H2,22,23,25). The summed E-state index contributed by atoms with van der Waals surface area (Å²) < 4.78 is 36.1. The lowest BCUT2D eigenvalue weighted by atomic mass is 9.96. The summed E-state index contributed by atoms with van der Waals surface area (Å²) >= 11 is 0. The molecule has 2 rings (SSSR count). The molecule has 138 valence electrons. The maximum atomic E-state index is 12.0. The fourth-order valence-corrected chi connectivity index (χ4v) is 2.75. The predicted octanol–water partition coefficient (Wildman–Crippen LogP) is 3.36. The highest BCUT2D eigenvalue weighted by Crippen LogP contribution is 2.18. The molecule has 3 amide bonds. The Labute approximate surface area is 144 Å². The van der Waals surface area contributed by atoms with E-state index >= 15 is 0 Å². The number of hydrogen-bond donors (Lipinski definition) is 3. The third kappa shape index (κ3) is 7.45. The molecule has 5 nitrogen and oxygen atoms in total. The Hall–Kier alpha value is -2.25. The van der Waals surface area contributed by atoms with Gasteiger partial charge >= 0.3 is 12.2 Å². The second-order valence-electron chi connectivity index (χ2n) is 6.20. The fraction of sp³-hybridized carbons (Fsp3) is 0.529. The van der Waals surface area contributed by atoms with Gasteiger partial charge in [-0.2, -0.15) is 13.2 Å². The van der Waals surface area contributed by atoms with E-state index in [0.717, 1.165) is 25.7 Å². The SMILES string of the molecule is O=C(Cc1ccc(NC(=O)NC2CCCCC2)cc1)NCC(F)(F)F. The Morgan fingerprint density at radius 3 is 2.28 bits per heavy atom. The van der Waals surface area contributed by atoms with Crippen LogP contribution in [-0.2, 0) is 11.2 Å². The van der Waals surface area contributed by atoms with Crippen molar-refractivity contribution in [1.82, 2.24) is 10.6 Å². The molecule has 1 aromatic carbocycles. The Morgan fingerprint density at radius 1 is 1.04 bits per heavy atom. The van der Waals surface area contributed by atoms with Crippen LogP contribution in [0.15, 0.2) is 24.3 Å². The Morgan fingerprint density at radius 2 is 1.68 bits per heavy atom. The van der Waals surface area contributed by atoms with E-state index in [-0.39, 0.29) is 18.5 Å². The van der Waals surface area contributed by atoms with Gasteiger partial charge in [0.1, 0.15) is 6.54 Å². The van der Waals surface area contributed by atoms with Gasteiger partial charge in [-0.3, -0.25) is 4.79 Å². The van der Waals surface area contributed by atoms with Crippen LogP contribution in [0, 0.1) is 0 Å². The van der Waals surface area contributed by atoms with Crippen molar-refractivity contribution in [2.75, 3.05) is 11.9 Å². The molecule has 0 bridgehead atoms. The van der Waals surface area contributed by atoms with E-state index in [4.69, 9.17) is 0 Å². The number of nitrogens with one attached hydrogen (secondary N) is 3. The molecule has 1 saturated carbocycles. The molecule has 0 aliphatic heterocycles. The van der Waals surface area contributed by atoms with Gasteiger partial charge in [-0.1, -0.05) is 31.4 Å². The molecule has 1 aliphatic rings. The third-order valence-corrected chi connectivity index (χ3v) is 4.00. The molecule has 1 aromatic rings. The molecule has 1 fully saturated rings. The zero-order chi connectivity index (χ0) is 18.3.